The largest absolute Gasteiger partial charge is 0.468 e. The van der Waals surface area contributed by atoms with Gasteiger partial charge in [0.1, 0.15) is 0 Å². The van der Waals surface area contributed by atoms with Crippen molar-refractivity contribution < 1.29 is 14.6 Å². The van der Waals surface area contributed by atoms with Crippen LogP contribution in [0.4, 0.5) is 5.69 Å². The molecule has 1 amide bonds. The summed E-state index contributed by atoms with van der Waals surface area (Å²) in [5.74, 6) is 0.368. The molecular formula is C24H27N3O3. The van der Waals surface area contributed by atoms with Gasteiger partial charge in [-0.2, -0.15) is 0 Å². The van der Waals surface area contributed by atoms with Gasteiger partial charge in [0.2, 0.25) is 5.88 Å². The van der Waals surface area contributed by atoms with Gasteiger partial charge in [0, 0.05) is 43.8 Å². The SMILES string of the molecule is CN(CCc1ccccc1N1CC[C@H](O)C1)C(=O)COc1ccc2ccccc2n1. The number of carbonyl (C=O) groups excluding carboxylic acids is 1. The zero-order valence-electron chi connectivity index (χ0n) is 17.2. The van der Waals surface area contributed by atoms with Gasteiger partial charge in [0.05, 0.1) is 11.6 Å². The second kappa shape index (κ2) is 9.13. The Kier molecular flexibility index (Phi) is 6.14. The van der Waals surface area contributed by atoms with E-state index < -0.39 is 0 Å². The van der Waals surface area contributed by atoms with Crippen LogP contribution in [0.2, 0.25) is 0 Å². The van der Waals surface area contributed by atoms with Crippen LogP contribution in [0.1, 0.15) is 12.0 Å². The Balaban J connectivity index is 1.32. The number of nitrogens with zero attached hydrogens (tertiary/aromatic N) is 3. The lowest BCUT2D eigenvalue weighted by Crippen LogP contribution is -2.33. The number of β-amino-alcohol motifs (C(OH)–C–C–N with tert-alkyl or cyclic N) is 1. The molecule has 2 heterocycles. The Morgan fingerprint density at radius 1 is 1.17 bits per heavy atom. The average Bonchev–Trinajstić information content (AvgIpc) is 3.22. The molecule has 0 spiro atoms. The van der Waals surface area contributed by atoms with Crippen LogP contribution >= 0.6 is 0 Å². The maximum absolute atomic E-state index is 12.5. The van der Waals surface area contributed by atoms with Crippen molar-refractivity contribution in [2.75, 3.05) is 38.2 Å². The number of pyridine rings is 1. The first-order chi connectivity index (χ1) is 14.6. The lowest BCUT2D eigenvalue weighted by Gasteiger charge is -2.23. The van der Waals surface area contributed by atoms with Crippen molar-refractivity contribution in [3.05, 3.63) is 66.2 Å². The number of aliphatic hydroxyl groups is 1. The van der Waals surface area contributed by atoms with Crippen LogP contribution in [-0.4, -0.2) is 60.3 Å². The van der Waals surface area contributed by atoms with E-state index in [-0.39, 0.29) is 18.6 Å². The molecule has 2 aromatic carbocycles. The van der Waals surface area contributed by atoms with E-state index in [4.69, 9.17) is 4.74 Å². The van der Waals surface area contributed by atoms with Crippen LogP contribution in [0, 0.1) is 0 Å². The third-order valence-electron chi connectivity index (χ3n) is 5.55. The third kappa shape index (κ3) is 4.71. The topological polar surface area (TPSA) is 65.9 Å². The average molecular weight is 405 g/mol. The van der Waals surface area contributed by atoms with Crippen molar-refractivity contribution in [3.63, 3.8) is 0 Å². The van der Waals surface area contributed by atoms with E-state index in [9.17, 15) is 9.90 Å². The maximum atomic E-state index is 12.5. The Hall–Kier alpha value is -3.12. The fraction of sp³-hybridized carbons (Fsp3) is 0.333. The number of aliphatic hydroxyl groups excluding tert-OH is 1. The highest BCUT2D eigenvalue weighted by molar-refractivity contribution is 5.79. The Morgan fingerprint density at radius 2 is 1.97 bits per heavy atom. The number of fused-ring (bicyclic) bond motifs is 1. The molecule has 30 heavy (non-hydrogen) atoms. The molecule has 1 aliphatic rings. The zero-order valence-corrected chi connectivity index (χ0v) is 17.2. The Labute approximate surface area is 176 Å². The van der Waals surface area contributed by atoms with Gasteiger partial charge < -0.3 is 19.6 Å². The van der Waals surface area contributed by atoms with Crippen LogP contribution in [0.25, 0.3) is 10.9 Å². The molecule has 6 heteroatoms. The summed E-state index contributed by atoms with van der Waals surface area (Å²) in [5, 5.41) is 10.9. The Bertz CT molecular complexity index is 1020. The lowest BCUT2D eigenvalue weighted by molar-refractivity contribution is -0.132. The smallest absolute Gasteiger partial charge is 0.260 e. The molecule has 1 saturated heterocycles. The van der Waals surface area contributed by atoms with Gasteiger partial charge in [-0.3, -0.25) is 4.79 Å². The first-order valence-electron chi connectivity index (χ1n) is 10.3. The highest BCUT2D eigenvalue weighted by Crippen LogP contribution is 2.25. The van der Waals surface area contributed by atoms with Crippen molar-refractivity contribution in [2.24, 2.45) is 0 Å². The number of rotatable bonds is 7. The molecule has 1 N–H and O–H groups in total. The first-order valence-corrected chi connectivity index (χ1v) is 10.3. The minimum Gasteiger partial charge on any atom is -0.468 e. The number of benzene rings is 2. The van der Waals surface area contributed by atoms with Crippen molar-refractivity contribution in [1.29, 1.82) is 0 Å². The number of aromatic nitrogens is 1. The van der Waals surface area contributed by atoms with Gasteiger partial charge in [-0.05, 0) is 36.6 Å². The minimum atomic E-state index is -0.261. The van der Waals surface area contributed by atoms with Crippen LogP contribution in [0.3, 0.4) is 0 Å². The molecule has 0 saturated carbocycles. The summed E-state index contributed by atoms with van der Waals surface area (Å²) < 4.78 is 5.63. The summed E-state index contributed by atoms with van der Waals surface area (Å²) in [6.45, 7) is 2.08. The number of anilines is 1. The zero-order chi connectivity index (χ0) is 20.9. The van der Waals surface area contributed by atoms with Gasteiger partial charge in [-0.15, -0.1) is 0 Å². The highest BCUT2D eigenvalue weighted by Gasteiger charge is 2.22. The normalized spacial score (nSPS) is 16.1. The van der Waals surface area contributed by atoms with Crippen molar-refractivity contribution in [1.82, 2.24) is 9.88 Å². The number of likely N-dealkylation sites (N-methyl/N-ethyl adjacent to an activating group) is 1. The van der Waals surface area contributed by atoms with Crippen molar-refractivity contribution in [2.45, 2.75) is 18.9 Å². The van der Waals surface area contributed by atoms with Gasteiger partial charge in [-0.1, -0.05) is 36.4 Å². The summed E-state index contributed by atoms with van der Waals surface area (Å²) in [6, 6.07) is 19.8. The molecule has 0 radical (unpaired) electrons. The standard InChI is InChI=1S/C24H27N3O3/c1-26(14-12-19-7-3-5-9-22(19)27-15-13-20(28)16-27)24(29)17-30-23-11-10-18-6-2-4-8-21(18)25-23/h2-11,20,28H,12-17H2,1H3/t20-/m0/s1. The Morgan fingerprint density at radius 3 is 2.80 bits per heavy atom. The molecular weight excluding hydrogens is 378 g/mol. The van der Waals surface area contributed by atoms with Gasteiger partial charge >= 0.3 is 0 Å². The van der Waals surface area contributed by atoms with E-state index in [2.05, 4.69) is 22.0 Å². The van der Waals surface area contributed by atoms with E-state index in [1.807, 2.05) is 42.5 Å². The minimum absolute atomic E-state index is 0.0399. The van der Waals surface area contributed by atoms with Crippen LogP contribution in [0.5, 0.6) is 5.88 Å². The van der Waals surface area contributed by atoms with E-state index in [0.29, 0.717) is 19.0 Å². The van der Waals surface area contributed by atoms with Gasteiger partial charge in [0.25, 0.3) is 5.91 Å². The monoisotopic (exact) mass is 405 g/mol. The summed E-state index contributed by atoms with van der Waals surface area (Å²) in [4.78, 5) is 20.9. The summed E-state index contributed by atoms with van der Waals surface area (Å²) >= 11 is 0. The number of amides is 1. The van der Waals surface area contributed by atoms with Crippen molar-refractivity contribution in [3.8, 4) is 5.88 Å². The fourth-order valence-corrected chi connectivity index (χ4v) is 3.78. The fourth-order valence-electron chi connectivity index (χ4n) is 3.78. The number of para-hydroxylation sites is 2. The number of hydrogen-bond donors (Lipinski definition) is 1. The third-order valence-corrected chi connectivity index (χ3v) is 5.55. The maximum Gasteiger partial charge on any atom is 0.260 e. The molecule has 4 rings (SSSR count). The molecule has 1 fully saturated rings. The predicted octanol–water partition coefficient (Wildman–Crippen LogP) is 2.89. The van der Waals surface area contributed by atoms with E-state index in [0.717, 1.165) is 36.0 Å². The highest BCUT2D eigenvalue weighted by atomic mass is 16.5. The molecule has 1 aliphatic heterocycles. The molecule has 1 atom stereocenters. The lowest BCUT2D eigenvalue weighted by atomic mass is 10.1. The molecule has 0 bridgehead atoms. The second-order valence-electron chi connectivity index (χ2n) is 7.71. The number of ether oxygens (including phenoxy) is 1. The summed E-state index contributed by atoms with van der Waals surface area (Å²) in [5.41, 5.74) is 3.18. The summed E-state index contributed by atoms with van der Waals surface area (Å²) in [6.07, 6.45) is 1.29. The van der Waals surface area contributed by atoms with Gasteiger partial charge in [-0.25, -0.2) is 4.98 Å². The van der Waals surface area contributed by atoms with Gasteiger partial charge in [0.15, 0.2) is 6.61 Å². The quantitative estimate of drug-likeness (QED) is 0.655. The van der Waals surface area contributed by atoms with E-state index in [1.54, 1.807) is 18.0 Å². The molecule has 156 valence electrons. The molecule has 1 aromatic heterocycles. The second-order valence-corrected chi connectivity index (χ2v) is 7.71. The summed E-state index contributed by atoms with van der Waals surface area (Å²) in [7, 11) is 1.79. The first kappa shape index (κ1) is 20.2. The van der Waals surface area contributed by atoms with Crippen LogP contribution < -0.4 is 9.64 Å². The van der Waals surface area contributed by atoms with Crippen LogP contribution in [-0.2, 0) is 11.2 Å². The molecule has 6 nitrogen and oxygen atoms in total. The molecule has 3 aromatic rings. The van der Waals surface area contributed by atoms with Crippen molar-refractivity contribution >= 4 is 22.5 Å². The van der Waals surface area contributed by atoms with Crippen LogP contribution in [0.15, 0.2) is 60.7 Å². The van der Waals surface area contributed by atoms with E-state index in [1.165, 1.54) is 5.56 Å². The van der Waals surface area contributed by atoms with E-state index >= 15 is 0 Å². The molecule has 0 unspecified atom stereocenters. The number of hydrogen-bond acceptors (Lipinski definition) is 5. The molecule has 0 aliphatic carbocycles. The predicted molar refractivity (Wildman–Crippen MR) is 118 cm³/mol. The number of carbonyl (C=O) groups is 1.